The first-order chi connectivity index (χ1) is 11.7. The van der Waals surface area contributed by atoms with Crippen LogP contribution in [0, 0.1) is 0 Å². The van der Waals surface area contributed by atoms with E-state index in [2.05, 4.69) is 15.5 Å². The summed E-state index contributed by atoms with van der Waals surface area (Å²) in [5.74, 6) is 0.0828. The van der Waals surface area contributed by atoms with Crippen molar-refractivity contribution in [1.29, 1.82) is 0 Å². The van der Waals surface area contributed by atoms with Crippen molar-refractivity contribution in [1.82, 2.24) is 10.2 Å². The summed E-state index contributed by atoms with van der Waals surface area (Å²) in [5.41, 5.74) is 0.905. The molecule has 126 valence electrons. The molecule has 1 N–H and O–H groups in total. The van der Waals surface area contributed by atoms with E-state index in [0.29, 0.717) is 24.5 Å². The van der Waals surface area contributed by atoms with E-state index in [9.17, 15) is 9.59 Å². The van der Waals surface area contributed by atoms with Crippen LogP contribution in [0.4, 0.5) is 10.8 Å². The predicted molar refractivity (Wildman–Crippen MR) is 94.2 cm³/mol. The van der Waals surface area contributed by atoms with E-state index in [4.69, 9.17) is 0 Å². The largest absolute Gasteiger partial charge is 0.312 e. The summed E-state index contributed by atoms with van der Waals surface area (Å²) >= 11 is 1.36. The van der Waals surface area contributed by atoms with Gasteiger partial charge in [0, 0.05) is 31.0 Å². The maximum Gasteiger partial charge on any atom is 0.227 e. The fraction of sp³-hybridized carbons (Fsp3) is 0.412. The molecule has 0 aliphatic carbocycles. The Kier molecular flexibility index (Phi) is 5.20. The van der Waals surface area contributed by atoms with Gasteiger partial charge in [-0.1, -0.05) is 42.9 Å². The lowest BCUT2D eigenvalue weighted by Gasteiger charge is -2.15. The molecule has 1 aliphatic heterocycles. The predicted octanol–water partition coefficient (Wildman–Crippen LogP) is 3.19. The third-order valence-electron chi connectivity index (χ3n) is 3.99. The molecule has 0 bridgehead atoms. The van der Waals surface area contributed by atoms with Crippen LogP contribution in [0.1, 0.15) is 43.5 Å². The van der Waals surface area contributed by atoms with Crippen molar-refractivity contribution in [3.05, 3.63) is 35.3 Å². The molecule has 0 saturated carbocycles. The van der Waals surface area contributed by atoms with Gasteiger partial charge < -0.3 is 10.2 Å². The Morgan fingerprint density at radius 2 is 2.12 bits per heavy atom. The Bertz CT molecular complexity index is 716. The highest BCUT2D eigenvalue weighted by Gasteiger charge is 2.33. The summed E-state index contributed by atoms with van der Waals surface area (Å²) in [7, 11) is 0. The van der Waals surface area contributed by atoms with Crippen LogP contribution in [0.15, 0.2) is 30.3 Å². The van der Waals surface area contributed by atoms with Crippen molar-refractivity contribution >= 4 is 34.0 Å². The topological polar surface area (TPSA) is 75.2 Å². The molecule has 1 atom stereocenters. The molecule has 3 rings (SSSR count). The molecule has 0 spiro atoms. The molecule has 0 unspecified atom stereocenters. The van der Waals surface area contributed by atoms with Crippen LogP contribution in [0.3, 0.4) is 0 Å². The molecule has 24 heavy (non-hydrogen) atoms. The van der Waals surface area contributed by atoms with E-state index in [-0.39, 0.29) is 17.7 Å². The lowest BCUT2D eigenvalue weighted by atomic mass is 10.1. The Labute approximate surface area is 144 Å². The van der Waals surface area contributed by atoms with E-state index in [1.165, 1.54) is 11.3 Å². The van der Waals surface area contributed by atoms with Crippen molar-refractivity contribution in [2.24, 2.45) is 0 Å². The van der Waals surface area contributed by atoms with Gasteiger partial charge in [0.05, 0.1) is 0 Å². The zero-order valence-electron chi connectivity index (χ0n) is 13.6. The number of anilines is 2. The average Bonchev–Trinajstić information content (AvgIpc) is 3.20. The van der Waals surface area contributed by atoms with Crippen LogP contribution in [0.2, 0.25) is 0 Å². The number of hydrogen-bond acceptors (Lipinski definition) is 5. The van der Waals surface area contributed by atoms with Gasteiger partial charge in [0.2, 0.25) is 16.9 Å². The van der Waals surface area contributed by atoms with Gasteiger partial charge in [-0.25, -0.2) is 0 Å². The lowest BCUT2D eigenvalue weighted by Crippen LogP contribution is -2.24. The fourth-order valence-corrected chi connectivity index (χ4v) is 3.55. The van der Waals surface area contributed by atoms with Crippen LogP contribution in [-0.2, 0) is 9.59 Å². The van der Waals surface area contributed by atoms with Crippen LogP contribution in [-0.4, -0.2) is 28.6 Å². The van der Waals surface area contributed by atoms with Crippen molar-refractivity contribution in [3.8, 4) is 0 Å². The quantitative estimate of drug-likeness (QED) is 0.873. The molecule has 1 saturated heterocycles. The highest BCUT2D eigenvalue weighted by Crippen LogP contribution is 2.34. The number of unbranched alkanes of at least 4 members (excludes halogenated alkanes) is 1. The summed E-state index contributed by atoms with van der Waals surface area (Å²) in [4.78, 5) is 25.8. The lowest BCUT2D eigenvalue weighted by molar-refractivity contribution is -0.117. The van der Waals surface area contributed by atoms with Gasteiger partial charge in [-0.2, -0.15) is 0 Å². The number of amides is 2. The molecule has 7 heteroatoms. The first kappa shape index (κ1) is 16.6. The number of carbonyl (C=O) groups is 2. The maximum atomic E-state index is 12.3. The van der Waals surface area contributed by atoms with E-state index < -0.39 is 0 Å². The number of nitrogens with zero attached hydrogens (tertiary/aromatic N) is 3. The molecule has 1 aromatic heterocycles. The molecule has 6 nitrogen and oxygen atoms in total. The van der Waals surface area contributed by atoms with Crippen LogP contribution in [0.25, 0.3) is 0 Å². The van der Waals surface area contributed by atoms with Crippen LogP contribution in [0.5, 0.6) is 0 Å². The van der Waals surface area contributed by atoms with Crippen molar-refractivity contribution in [3.63, 3.8) is 0 Å². The normalized spacial score (nSPS) is 17.3. The Morgan fingerprint density at radius 3 is 2.88 bits per heavy atom. The second kappa shape index (κ2) is 7.53. The fourth-order valence-electron chi connectivity index (χ4n) is 2.70. The average molecular weight is 344 g/mol. The van der Waals surface area contributed by atoms with Gasteiger partial charge in [-0.3, -0.25) is 9.59 Å². The molecule has 1 aliphatic rings. The van der Waals surface area contributed by atoms with Gasteiger partial charge in [-0.15, -0.1) is 10.2 Å². The zero-order valence-corrected chi connectivity index (χ0v) is 14.4. The second-order valence-electron chi connectivity index (χ2n) is 5.84. The standard InChI is InChI=1S/C17H20N4O2S/c1-2-3-9-14(22)18-17-20-19-16(24-17)12-10-15(23)21(11-12)13-7-5-4-6-8-13/h4-8,12H,2-3,9-11H2,1H3,(H,18,20,22)/t12-/m0/s1. The van der Waals surface area contributed by atoms with Gasteiger partial charge in [0.25, 0.3) is 0 Å². The summed E-state index contributed by atoms with van der Waals surface area (Å²) < 4.78 is 0. The Hall–Kier alpha value is -2.28. The van der Waals surface area contributed by atoms with Gasteiger partial charge in [0.1, 0.15) is 5.01 Å². The highest BCUT2D eigenvalue weighted by atomic mass is 32.1. The molecule has 2 aromatic rings. The highest BCUT2D eigenvalue weighted by molar-refractivity contribution is 7.15. The van der Waals surface area contributed by atoms with E-state index >= 15 is 0 Å². The number of nitrogens with one attached hydrogen (secondary N) is 1. The molecule has 2 heterocycles. The number of rotatable bonds is 6. The van der Waals surface area contributed by atoms with Crippen molar-refractivity contribution < 1.29 is 9.59 Å². The monoisotopic (exact) mass is 344 g/mol. The Balaban J connectivity index is 1.64. The minimum atomic E-state index is -0.0343. The number of benzene rings is 1. The van der Waals surface area contributed by atoms with Crippen LogP contribution >= 0.6 is 11.3 Å². The van der Waals surface area contributed by atoms with E-state index in [1.54, 1.807) is 4.90 Å². The van der Waals surface area contributed by atoms with E-state index in [1.807, 2.05) is 37.3 Å². The van der Waals surface area contributed by atoms with Crippen LogP contribution < -0.4 is 10.2 Å². The van der Waals surface area contributed by atoms with Gasteiger partial charge >= 0.3 is 0 Å². The van der Waals surface area contributed by atoms with E-state index in [0.717, 1.165) is 23.5 Å². The summed E-state index contributed by atoms with van der Waals surface area (Å²) in [5, 5.41) is 12.3. The minimum Gasteiger partial charge on any atom is -0.312 e. The molecule has 1 aromatic carbocycles. The number of aromatic nitrogens is 2. The number of para-hydroxylation sites is 1. The molecular weight excluding hydrogens is 324 g/mol. The zero-order chi connectivity index (χ0) is 16.9. The molecule has 1 fully saturated rings. The summed E-state index contributed by atoms with van der Waals surface area (Å²) in [6, 6.07) is 9.63. The summed E-state index contributed by atoms with van der Waals surface area (Å²) in [6.07, 6.45) is 2.76. The van der Waals surface area contributed by atoms with Crippen molar-refractivity contribution in [2.45, 2.75) is 38.5 Å². The Morgan fingerprint density at radius 1 is 1.33 bits per heavy atom. The molecular formula is C17H20N4O2S. The minimum absolute atomic E-state index is 0.0245. The van der Waals surface area contributed by atoms with Crippen molar-refractivity contribution in [2.75, 3.05) is 16.8 Å². The molecule has 2 amide bonds. The number of hydrogen-bond donors (Lipinski definition) is 1. The smallest absolute Gasteiger partial charge is 0.227 e. The number of carbonyl (C=O) groups excluding carboxylic acids is 2. The third kappa shape index (κ3) is 3.79. The summed E-state index contributed by atoms with van der Waals surface area (Å²) in [6.45, 7) is 2.65. The molecule has 0 radical (unpaired) electrons. The van der Waals surface area contributed by atoms with Gasteiger partial charge in [-0.05, 0) is 18.6 Å². The first-order valence-corrected chi connectivity index (χ1v) is 8.97. The second-order valence-corrected chi connectivity index (χ2v) is 6.85. The van der Waals surface area contributed by atoms with Gasteiger partial charge in [0.15, 0.2) is 0 Å². The SMILES string of the molecule is CCCCC(=O)Nc1nnc([C@H]2CC(=O)N(c3ccccc3)C2)s1. The first-order valence-electron chi connectivity index (χ1n) is 8.16. The third-order valence-corrected chi connectivity index (χ3v) is 4.99. The maximum absolute atomic E-state index is 12.3.